The maximum absolute atomic E-state index is 12.1. The summed E-state index contributed by atoms with van der Waals surface area (Å²) in [4.78, 5) is 48.7. The van der Waals surface area contributed by atoms with Crippen molar-refractivity contribution >= 4 is 57.4 Å². The van der Waals surface area contributed by atoms with Gasteiger partial charge in [0.15, 0.2) is 0 Å². The molecule has 0 saturated carbocycles. The van der Waals surface area contributed by atoms with Gasteiger partial charge in [0.1, 0.15) is 16.1 Å². The van der Waals surface area contributed by atoms with Crippen molar-refractivity contribution in [1.29, 1.82) is 0 Å². The van der Waals surface area contributed by atoms with E-state index in [9.17, 15) is 19.2 Å². The van der Waals surface area contributed by atoms with Gasteiger partial charge in [-0.25, -0.2) is 4.79 Å². The van der Waals surface area contributed by atoms with Crippen molar-refractivity contribution in [2.24, 2.45) is 10.8 Å². The zero-order valence-corrected chi connectivity index (χ0v) is 26.2. The quantitative estimate of drug-likeness (QED) is 0.254. The number of hydrogen-bond donors (Lipinski definition) is 1. The minimum atomic E-state index is -0.939. The van der Waals surface area contributed by atoms with E-state index < -0.39 is 33.2 Å². The molecule has 7 nitrogen and oxygen atoms in total. The molecule has 2 heterocycles. The highest BCUT2D eigenvalue weighted by Crippen LogP contribution is 2.31. The molecule has 0 aromatic carbocycles. The Kier molecular flexibility index (Phi) is 11.3. The van der Waals surface area contributed by atoms with Crippen molar-refractivity contribution in [3.05, 3.63) is 43.8 Å². The number of ether oxygens (including phenoxy) is 2. The number of rotatable bonds is 8. The van der Waals surface area contributed by atoms with E-state index in [0.717, 1.165) is 9.75 Å². The minimum absolute atomic E-state index is 0.243. The number of aromatic carboxylic acids is 1. The molecule has 0 aliphatic carbocycles. The lowest BCUT2D eigenvalue weighted by Gasteiger charge is -2.28. The summed E-state index contributed by atoms with van der Waals surface area (Å²) >= 11 is 7.93. The van der Waals surface area contributed by atoms with Crippen LogP contribution in [-0.2, 0) is 31.9 Å². The number of esters is 2. The van der Waals surface area contributed by atoms with Crippen LogP contribution >= 0.6 is 34.3 Å². The highest BCUT2D eigenvalue weighted by molar-refractivity contribution is 7.15. The maximum atomic E-state index is 12.1. The summed E-state index contributed by atoms with van der Waals surface area (Å²) in [6.45, 7) is 18.3. The molecule has 212 valence electrons. The summed E-state index contributed by atoms with van der Waals surface area (Å²) in [6.07, 6.45) is 0.997. The van der Waals surface area contributed by atoms with Gasteiger partial charge in [-0.2, -0.15) is 0 Å². The van der Waals surface area contributed by atoms with Crippen LogP contribution in [0.3, 0.4) is 0 Å². The van der Waals surface area contributed by atoms with Gasteiger partial charge in [-0.15, -0.1) is 22.7 Å². The van der Waals surface area contributed by atoms with Gasteiger partial charge in [0.2, 0.25) is 0 Å². The molecule has 38 heavy (non-hydrogen) atoms. The molecular weight excluding hydrogens is 548 g/mol. The van der Waals surface area contributed by atoms with E-state index in [4.69, 9.17) is 26.2 Å². The normalized spacial score (nSPS) is 12.3. The van der Waals surface area contributed by atoms with E-state index >= 15 is 0 Å². The first-order valence-electron chi connectivity index (χ1n) is 12.1. The Morgan fingerprint density at radius 3 is 1.29 bits per heavy atom. The van der Waals surface area contributed by atoms with Crippen LogP contribution in [-0.4, -0.2) is 39.5 Å². The van der Waals surface area contributed by atoms with Crippen LogP contribution in [0.2, 0.25) is 0 Å². The van der Waals surface area contributed by atoms with Crippen molar-refractivity contribution in [2.75, 3.05) is 0 Å². The second-order valence-electron chi connectivity index (χ2n) is 12.2. The van der Waals surface area contributed by atoms with E-state index in [1.54, 1.807) is 32.0 Å². The lowest BCUT2D eigenvalue weighted by atomic mass is 9.88. The molecule has 2 rings (SSSR count). The fourth-order valence-corrected chi connectivity index (χ4v) is 5.34. The zero-order valence-electron chi connectivity index (χ0n) is 23.8. The van der Waals surface area contributed by atoms with Gasteiger partial charge < -0.3 is 14.6 Å². The molecule has 0 amide bonds. The SMILES string of the molecule is CC(C)(C)OC(=O)C(C)(C)Cc1ccc(C(=O)Cl)s1.CC(C)(C)OC(=O)C(C)(C)Cc1ccc(C(=O)O)s1. The monoisotopic (exact) mass is 586 g/mol. The predicted octanol–water partition coefficient (Wildman–Crippen LogP) is 7.39. The van der Waals surface area contributed by atoms with Crippen LogP contribution in [0.4, 0.5) is 0 Å². The lowest BCUT2D eigenvalue weighted by Crippen LogP contribution is -2.35. The van der Waals surface area contributed by atoms with Crippen LogP contribution < -0.4 is 0 Å². The van der Waals surface area contributed by atoms with Crippen LogP contribution in [0.5, 0.6) is 0 Å². The first-order valence-corrected chi connectivity index (χ1v) is 14.1. The molecule has 0 saturated heterocycles. The Labute approximate surface area is 238 Å². The molecule has 10 heteroatoms. The first-order chi connectivity index (χ1) is 17.0. The molecule has 0 aliphatic heterocycles. The van der Waals surface area contributed by atoms with Crippen LogP contribution in [0, 0.1) is 10.8 Å². The van der Waals surface area contributed by atoms with Gasteiger partial charge in [0.05, 0.1) is 15.7 Å². The third-order valence-corrected chi connectivity index (χ3v) is 7.34. The van der Waals surface area contributed by atoms with Crippen LogP contribution in [0.25, 0.3) is 0 Å². The number of carboxylic acid groups (broad SMARTS) is 1. The topological polar surface area (TPSA) is 107 Å². The van der Waals surface area contributed by atoms with E-state index in [1.165, 1.54) is 22.7 Å². The number of carbonyl (C=O) groups excluding carboxylic acids is 3. The van der Waals surface area contributed by atoms with Crippen LogP contribution in [0.1, 0.15) is 98.3 Å². The Bertz CT molecular complexity index is 1050. The van der Waals surface area contributed by atoms with Crippen molar-refractivity contribution in [3.8, 4) is 0 Å². The molecule has 2 aromatic heterocycles. The van der Waals surface area contributed by atoms with E-state index in [1.807, 2.05) is 61.5 Å². The maximum Gasteiger partial charge on any atom is 0.345 e. The molecule has 0 atom stereocenters. The predicted molar refractivity (Wildman–Crippen MR) is 152 cm³/mol. The van der Waals surface area contributed by atoms with Gasteiger partial charge in [0.25, 0.3) is 5.24 Å². The average Bonchev–Trinajstić information content (AvgIpc) is 3.35. The van der Waals surface area contributed by atoms with Crippen molar-refractivity contribution in [3.63, 3.8) is 0 Å². The number of hydrogen-bond acceptors (Lipinski definition) is 8. The Morgan fingerprint density at radius 1 is 0.684 bits per heavy atom. The van der Waals surface area contributed by atoms with E-state index in [2.05, 4.69) is 0 Å². The fourth-order valence-electron chi connectivity index (χ4n) is 3.01. The van der Waals surface area contributed by atoms with Gasteiger partial charge in [-0.1, -0.05) is 0 Å². The minimum Gasteiger partial charge on any atom is -0.477 e. The molecule has 2 aromatic rings. The summed E-state index contributed by atoms with van der Waals surface area (Å²) < 4.78 is 10.8. The molecule has 0 bridgehead atoms. The third-order valence-electron chi connectivity index (χ3n) is 4.86. The summed E-state index contributed by atoms with van der Waals surface area (Å²) in [6, 6.07) is 6.82. The second kappa shape index (κ2) is 12.7. The highest BCUT2D eigenvalue weighted by Gasteiger charge is 2.34. The Hall–Kier alpha value is -2.23. The zero-order chi connectivity index (χ0) is 29.7. The molecular formula is C28H39ClO7S2. The number of halogens is 1. The van der Waals surface area contributed by atoms with Gasteiger partial charge in [0, 0.05) is 9.75 Å². The average molecular weight is 587 g/mol. The number of thiophene rings is 2. The van der Waals surface area contributed by atoms with E-state index in [-0.39, 0.29) is 16.8 Å². The van der Waals surface area contributed by atoms with Crippen molar-refractivity contribution in [2.45, 2.75) is 93.3 Å². The smallest absolute Gasteiger partial charge is 0.345 e. The van der Waals surface area contributed by atoms with Crippen LogP contribution in [0.15, 0.2) is 24.3 Å². The largest absolute Gasteiger partial charge is 0.477 e. The van der Waals surface area contributed by atoms with Crippen molar-refractivity contribution in [1.82, 2.24) is 0 Å². The Morgan fingerprint density at radius 2 is 1.03 bits per heavy atom. The van der Waals surface area contributed by atoms with Gasteiger partial charge >= 0.3 is 17.9 Å². The fraction of sp³-hybridized carbons (Fsp3) is 0.571. The molecule has 0 spiro atoms. The van der Waals surface area contributed by atoms with Crippen molar-refractivity contribution < 1.29 is 33.8 Å². The van der Waals surface area contributed by atoms with E-state index in [0.29, 0.717) is 17.7 Å². The molecule has 0 aliphatic rings. The standard InChI is InChI=1S/C14H19ClO3S.C14H20O4S/c2*1-13(2,3)18-12(17)14(4,5)8-9-6-7-10(19-9)11(15)16/h6-7H,8H2,1-5H3;6-7H,8H2,1-5H3,(H,15,16). The Balaban J connectivity index is 0.000000380. The van der Waals surface area contributed by atoms with Gasteiger partial charge in [-0.05, 0) is 118 Å². The number of carbonyl (C=O) groups is 4. The first kappa shape index (κ1) is 33.8. The molecule has 0 unspecified atom stereocenters. The summed E-state index contributed by atoms with van der Waals surface area (Å²) in [5, 5.41) is 8.41. The summed E-state index contributed by atoms with van der Waals surface area (Å²) in [7, 11) is 0. The molecule has 1 N–H and O–H groups in total. The van der Waals surface area contributed by atoms with Gasteiger partial charge in [-0.3, -0.25) is 14.4 Å². The third kappa shape index (κ3) is 11.7. The number of carboxylic acids is 1. The second-order valence-corrected chi connectivity index (χ2v) is 14.9. The molecule has 0 radical (unpaired) electrons. The summed E-state index contributed by atoms with van der Waals surface area (Å²) in [5.41, 5.74) is -2.32. The molecule has 0 fully saturated rings. The highest BCUT2D eigenvalue weighted by atomic mass is 35.5. The lowest BCUT2D eigenvalue weighted by molar-refractivity contribution is -0.166. The summed E-state index contributed by atoms with van der Waals surface area (Å²) in [5.74, 6) is -1.45.